The highest BCUT2D eigenvalue weighted by Crippen LogP contribution is 2.34. The fraction of sp³-hybridized carbons (Fsp3) is 0.100. The van der Waals surface area contributed by atoms with Crippen LogP contribution in [0.5, 0.6) is 0 Å². The molecule has 0 aliphatic carbocycles. The van der Waals surface area contributed by atoms with Gasteiger partial charge in [-0.05, 0) is 42.8 Å². The fourth-order valence-electron chi connectivity index (χ4n) is 2.72. The van der Waals surface area contributed by atoms with Crippen molar-refractivity contribution in [2.75, 3.05) is 4.90 Å². The largest absolute Gasteiger partial charge is 0.285 e. The maximum absolute atomic E-state index is 14.2. The zero-order chi connectivity index (χ0) is 19.8. The van der Waals surface area contributed by atoms with E-state index in [2.05, 4.69) is 10.1 Å². The van der Waals surface area contributed by atoms with Gasteiger partial charge in [0.25, 0.3) is 11.5 Å². The van der Waals surface area contributed by atoms with E-state index in [0.717, 1.165) is 14.9 Å². The van der Waals surface area contributed by atoms with E-state index in [9.17, 15) is 14.0 Å². The molecule has 0 fully saturated rings. The number of aromatic nitrogens is 3. The molecule has 0 aliphatic heterocycles. The molecular formula is C20H15FN4O2S. The Hall–Kier alpha value is -3.39. The number of para-hydroxylation sites is 1. The van der Waals surface area contributed by atoms with Crippen molar-refractivity contribution >= 4 is 38.3 Å². The molecule has 4 rings (SSSR count). The first kappa shape index (κ1) is 18.0. The van der Waals surface area contributed by atoms with Gasteiger partial charge in [0.2, 0.25) is 0 Å². The molecule has 2 aromatic carbocycles. The van der Waals surface area contributed by atoms with Gasteiger partial charge in [0.05, 0.1) is 15.9 Å². The molecule has 140 valence electrons. The monoisotopic (exact) mass is 394 g/mol. The lowest BCUT2D eigenvalue weighted by atomic mass is 10.2. The fourth-order valence-corrected chi connectivity index (χ4v) is 3.71. The van der Waals surface area contributed by atoms with Crippen LogP contribution < -0.4 is 10.5 Å². The average Bonchev–Trinajstić information content (AvgIpc) is 3.10. The number of hydrogen-bond donors (Lipinski definition) is 0. The molecule has 28 heavy (non-hydrogen) atoms. The lowest BCUT2D eigenvalue weighted by molar-refractivity contribution is 0.0992. The molecule has 6 nitrogen and oxygen atoms in total. The van der Waals surface area contributed by atoms with Crippen molar-refractivity contribution in [1.82, 2.24) is 14.8 Å². The minimum Gasteiger partial charge on any atom is -0.268 e. The van der Waals surface area contributed by atoms with E-state index < -0.39 is 11.7 Å². The van der Waals surface area contributed by atoms with Crippen LogP contribution in [0.1, 0.15) is 16.1 Å². The van der Waals surface area contributed by atoms with Crippen LogP contribution in [0.4, 0.5) is 15.2 Å². The van der Waals surface area contributed by atoms with E-state index in [1.807, 2.05) is 24.3 Å². The van der Waals surface area contributed by atoms with Gasteiger partial charge in [0, 0.05) is 13.1 Å². The van der Waals surface area contributed by atoms with Crippen molar-refractivity contribution in [2.24, 2.45) is 7.05 Å². The molecule has 1 amide bonds. The van der Waals surface area contributed by atoms with Gasteiger partial charge < -0.3 is 0 Å². The Bertz CT molecular complexity index is 1230. The van der Waals surface area contributed by atoms with Crippen molar-refractivity contribution in [2.45, 2.75) is 6.92 Å². The van der Waals surface area contributed by atoms with Gasteiger partial charge in [-0.2, -0.15) is 5.10 Å². The second kappa shape index (κ2) is 6.97. The van der Waals surface area contributed by atoms with Crippen molar-refractivity contribution < 1.29 is 9.18 Å². The highest BCUT2D eigenvalue weighted by atomic mass is 32.1. The van der Waals surface area contributed by atoms with E-state index in [1.54, 1.807) is 19.1 Å². The molecule has 0 spiro atoms. The summed E-state index contributed by atoms with van der Waals surface area (Å²) in [4.78, 5) is 30.7. The molecule has 0 unspecified atom stereocenters. The SMILES string of the molecule is Cc1ccc(N(C(=O)c2ccc(=O)n(C)n2)c2nc3ccccc3s2)cc1F. The van der Waals surface area contributed by atoms with Gasteiger partial charge >= 0.3 is 0 Å². The number of thiazole rings is 1. The summed E-state index contributed by atoms with van der Waals surface area (Å²) in [5.41, 5.74) is 1.27. The Morgan fingerprint density at radius 3 is 2.64 bits per heavy atom. The third-order valence-electron chi connectivity index (χ3n) is 4.27. The Balaban J connectivity index is 1.89. The normalized spacial score (nSPS) is 11.0. The molecule has 4 aromatic rings. The molecule has 0 saturated carbocycles. The van der Waals surface area contributed by atoms with Crippen LogP contribution in [0.2, 0.25) is 0 Å². The molecule has 2 aromatic heterocycles. The highest BCUT2D eigenvalue weighted by molar-refractivity contribution is 7.22. The Morgan fingerprint density at radius 2 is 1.93 bits per heavy atom. The molecule has 8 heteroatoms. The number of aryl methyl sites for hydroxylation is 2. The lowest BCUT2D eigenvalue weighted by Crippen LogP contribution is -2.30. The van der Waals surface area contributed by atoms with E-state index in [1.165, 1.54) is 41.5 Å². The first-order valence-corrected chi connectivity index (χ1v) is 9.26. The standard InChI is InChI=1S/C20H15FN4O2S/c1-12-7-8-13(11-14(12)21)25(19(27)16-9-10-18(26)24(2)23-16)20-22-15-5-3-4-6-17(15)28-20/h3-11H,1-2H3. The van der Waals surface area contributed by atoms with Crippen molar-refractivity contribution in [3.8, 4) is 0 Å². The number of benzene rings is 2. The molecule has 0 bridgehead atoms. The zero-order valence-corrected chi connectivity index (χ0v) is 15.9. The molecule has 0 saturated heterocycles. The third-order valence-corrected chi connectivity index (χ3v) is 5.29. The minimum atomic E-state index is -0.502. The number of amides is 1. The number of hydrogen-bond acceptors (Lipinski definition) is 5. The summed E-state index contributed by atoms with van der Waals surface area (Å²) in [5, 5.41) is 4.43. The second-order valence-corrected chi connectivity index (χ2v) is 7.23. The summed E-state index contributed by atoms with van der Waals surface area (Å²) in [6.07, 6.45) is 0. The summed E-state index contributed by atoms with van der Waals surface area (Å²) in [5.74, 6) is -0.928. The van der Waals surface area contributed by atoms with Crippen LogP contribution >= 0.6 is 11.3 Å². The minimum absolute atomic E-state index is 0.0577. The number of rotatable bonds is 3. The first-order valence-electron chi connectivity index (χ1n) is 8.44. The second-order valence-electron chi connectivity index (χ2n) is 6.22. The topological polar surface area (TPSA) is 68.1 Å². The van der Waals surface area contributed by atoms with Gasteiger partial charge in [-0.25, -0.2) is 14.1 Å². The summed E-state index contributed by atoms with van der Waals surface area (Å²) in [6, 6.07) is 14.7. The zero-order valence-electron chi connectivity index (χ0n) is 15.1. The molecule has 0 N–H and O–H groups in total. The number of carbonyl (C=O) groups is 1. The molecule has 0 aliphatic rings. The van der Waals surface area contributed by atoms with E-state index in [-0.39, 0.29) is 11.3 Å². The quantitative estimate of drug-likeness (QED) is 0.530. The van der Waals surface area contributed by atoms with E-state index in [0.29, 0.717) is 16.4 Å². The van der Waals surface area contributed by atoms with Crippen molar-refractivity contribution in [1.29, 1.82) is 0 Å². The van der Waals surface area contributed by atoms with Gasteiger partial charge in [0.1, 0.15) is 11.5 Å². The van der Waals surface area contributed by atoms with Crippen LogP contribution in [-0.4, -0.2) is 20.7 Å². The average molecular weight is 394 g/mol. The van der Waals surface area contributed by atoms with Gasteiger partial charge in [-0.15, -0.1) is 0 Å². The van der Waals surface area contributed by atoms with Crippen LogP contribution in [0.25, 0.3) is 10.2 Å². The molecule has 0 atom stereocenters. The van der Waals surface area contributed by atoms with Crippen LogP contribution in [0.15, 0.2) is 59.4 Å². The van der Waals surface area contributed by atoms with E-state index in [4.69, 9.17) is 0 Å². The molecular weight excluding hydrogens is 379 g/mol. The Kier molecular flexibility index (Phi) is 4.48. The third kappa shape index (κ3) is 3.18. The summed E-state index contributed by atoms with van der Waals surface area (Å²) < 4.78 is 16.2. The Labute approximate surface area is 163 Å². The summed E-state index contributed by atoms with van der Waals surface area (Å²) in [7, 11) is 1.46. The summed E-state index contributed by atoms with van der Waals surface area (Å²) >= 11 is 1.32. The van der Waals surface area contributed by atoms with Crippen LogP contribution in [-0.2, 0) is 7.05 Å². The van der Waals surface area contributed by atoms with Crippen LogP contribution in [0.3, 0.4) is 0 Å². The number of nitrogens with zero attached hydrogens (tertiary/aromatic N) is 4. The first-order chi connectivity index (χ1) is 13.4. The lowest BCUT2D eigenvalue weighted by Gasteiger charge is -2.20. The van der Waals surface area contributed by atoms with E-state index >= 15 is 0 Å². The van der Waals surface area contributed by atoms with Crippen molar-refractivity contribution in [3.63, 3.8) is 0 Å². The highest BCUT2D eigenvalue weighted by Gasteiger charge is 2.25. The molecule has 2 heterocycles. The number of fused-ring (bicyclic) bond motifs is 1. The number of anilines is 2. The predicted octanol–water partition coefficient (Wildman–Crippen LogP) is 3.82. The smallest absolute Gasteiger partial charge is 0.268 e. The summed E-state index contributed by atoms with van der Waals surface area (Å²) in [6.45, 7) is 1.65. The maximum Gasteiger partial charge on any atom is 0.285 e. The Morgan fingerprint density at radius 1 is 1.14 bits per heavy atom. The number of carbonyl (C=O) groups excluding carboxylic acids is 1. The van der Waals surface area contributed by atoms with Crippen LogP contribution in [0, 0.1) is 12.7 Å². The number of halogens is 1. The van der Waals surface area contributed by atoms with Crippen molar-refractivity contribution in [3.05, 3.63) is 82.0 Å². The molecule has 0 radical (unpaired) electrons. The maximum atomic E-state index is 14.2. The van der Waals surface area contributed by atoms with Gasteiger partial charge in [-0.3, -0.25) is 14.5 Å². The van der Waals surface area contributed by atoms with Gasteiger partial charge in [0.15, 0.2) is 5.13 Å². The van der Waals surface area contributed by atoms with Gasteiger partial charge in [-0.1, -0.05) is 29.5 Å². The predicted molar refractivity (Wildman–Crippen MR) is 107 cm³/mol.